The quantitative estimate of drug-likeness (QED) is 0.610. The number of halogens is 1. The zero-order chi connectivity index (χ0) is 11.8. The minimum atomic E-state index is -0.265. The molecule has 0 saturated heterocycles. The summed E-state index contributed by atoms with van der Waals surface area (Å²) in [7, 11) is 0. The third kappa shape index (κ3) is 5.07. The van der Waals surface area contributed by atoms with E-state index in [4.69, 9.17) is 12.2 Å². The zero-order valence-electron chi connectivity index (χ0n) is 9.42. The number of hydrogen-bond acceptors (Lipinski definition) is 1. The molecule has 88 valence electrons. The van der Waals surface area contributed by atoms with Crippen molar-refractivity contribution in [2.75, 3.05) is 11.9 Å². The van der Waals surface area contributed by atoms with Gasteiger partial charge >= 0.3 is 0 Å². The summed E-state index contributed by atoms with van der Waals surface area (Å²) in [4.78, 5) is 0. The highest BCUT2D eigenvalue weighted by Gasteiger charge is 1.97. The highest BCUT2D eigenvalue weighted by atomic mass is 32.1. The van der Waals surface area contributed by atoms with Gasteiger partial charge in [0.25, 0.3) is 0 Å². The summed E-state index contributed by atoms with van der Waals surface area (Å²) in [5.74, 6) is -0.265. The predicted molar refractivity (Wildman–Crippen MR) is 70.1 cm³/mol. The third-order valence-corrected chi connectivity index (χ3v) is 2.39. The minimum absolute atomic E-state index is 0.265. The number of thiocarbonyl (C=S) groups is 1. The van der Waals surface area contributed by atoms with Gasteiger partial charge in [-0.3, -0.25) is 0 Å². The van der Waals surface area contributed by atoms with Gasteiger partial charge < -0.3 is 10.6 Å². The van der Waals surface area contributed by atoms with E-state index < -0.39 is 0 Å². The van der Waals surface area contributed by atoms with Crippen LogP contribution in [0.3, 0.4) is 0 Å². The SMILES string of the molecule is CCCCCNC(=S)Nc1cccc(F)c1. The maximum atomic E-state index is 12.9. The molecule has 1 aromatic carbocycles. The van der Waals surface area contributed by atoms with Gasteiger partial charge in [-0.05, 0) is 36.8 Å². The van der Waals surface area contributed by atoms with Crippen LogP contribution in [0.2, 0.25) is 0 Å². The molecular formula is C12H17FN2S. The highest BCUT2D eigenvalue weighted by molar-refractivity contribution is 7.80. The van der Waals surface area contributed by atoms with Crippen LogP contribution < -0.4 is 10.6 Å². The number of unbranched alkanes of at least 4 members (excludes halogenated alkanes) is 2. The van der Waals surface area contributed by atoms with Crippen LogP contribution in [0.25, 0.3) is 0 Å². The predicted octanol–water partition coefficient (Wildman–Crippen LogP) is 3.30. The average Bonchev–Trinajstić information content (AvgIpc) is 2.24. The molecule has 1 rings (SSSR count). The van der Waals surface area contributed by atoms with E-state index in [1.54, 1.807) is 12.1 Å². The molecule has 0 atom stereocenters. The van der Waals surface area contributed by atoms with Crippen molar-refractivity contribution in [1.82, 2.24) is 5.32 Å². The van der Waals surface area contributed by atoms with E-state index >= 15 is 0 Å². The Balaban J connectivity index is 2.29. The van der Waals surface area contributed by atoms with Crippen LogP contribution in [0.1, 0.15) is 26.2 Å². The first-order valence-corrected chi connectivity index (χ1v) is 5.93. The Morgan fingerprint density at radius 1 is 1.38 bits per heavy atom. The summed E-state index contributed by atoms with van der Waals surface area (Å²) in [6.45, 7) is 3.01. The fraction of sp³-hybridized carbons (Fsp3) is 0.417. The molecule has 0 aliphatic carbocycles. The minimum Gasteiger partial charge on any atom is -0.362 e. The largest absolute Gasteiger partial charge is 0.362 e. The summed E-state index contributed by atoms with van der Waals surface area (Å²) in [5, 5.41) is 6.57. The van der Waals surface area contributed by atoms with Gasteiger partial charge in [0.15, 0.2) is 5.11 Å². The first-order valence-electron chi connectivity index (χ1n) is 5.53. The molecule has 2 N–H and O–H groups in total. The Kier molecular flexibility index (Phi) is 5.78. The van der Waals surface area contributed by atoms with Gasteiger partial charge in [0.05, 0.1) is 0 Å². The van der Waals surface area contributed by atoms with Crippen LogP contribution in [0.5, 0.6) is 0 Å². The molecule has 0 aromatic heterocycles. The second-order valence-electron chi connectivity index (χ2n) is 3.60. The van der Waals surface area contributed by atoms with Crippen molar-refractivity contribution >= 4 is 23.0 Å². The molecule has 16 heavy (non-hydrogen) atoms. The monoisotopic (exact) mass is 240 g/mol. The van der Waals surface area contributed by atoms with Crippen molar-refractivity contribution in [3.05, 3.63) is 30.1 Å². The topological polar surface area (TPSA) is 24.1 Å². The zero-order valence-corrected chi connectivity index (χ0v) is 10.2. The number of rotatable bonds is 5. The van der Waals surface area contributed by atoms with Gasteiger partial charge in [0.1, 0.15) is 5.82 Å². The number of nitrogens with one attached hydrogen (secondary N) is 2. The van der Waals surface area contributed by atoms with Crippen molar-refractivity contribution in [3.8, 4) is 0 Å². The third-order valence-electron chi connectivity index (χ3n) is 2.15. The van der Waals surface area contributed by atoms with Crippen LogP contribution in [0, 0.1) is 5.82 Å². The molecule has 0 heterocycles. The molecule has 0 saturated carbocycles. The van der Waals surface area contributed by atoms with E-state index in [0.717, 1.165) is 13.0 Å². The number of benzene rings is 1. The van der Waals surface area contributed by atoms with E-state index in [2.05, 4.69) is 17.6 Å². The smallest absolute Gasteiger partial charge is 0.170 e. The van der Waals surface area contributed by atoms with Gasteiger partial charge in [-0.1, -0.05) is 25.8 Å². The lowest BCUT2D eigenvalue weighted by Crippen LogP contribution is -2.29. The Hall–Kier alpha value is -1.16. The van der Waals surface area contributed by atoms with Crippen LogP contribution in [0.4, 0.5) is 10.1 Å². The second-order valence-corrected chi connectivity index (χ2v) is 4.01. The average molecular weight is 240 g/mol. The van der Waals surface area contributed by atoms with Gasteiger partial charge in [-0.25, -0.2) is 4.39 Å². The lowest BCUT2D eigenvalue weighted by Gasteiger charge is -2.10. The van der Waals surface area contributed by atoms with Crippen LogP contribution in [0.15, 0.2) is 24.3 Å². The van der Waals surface area contributed by atoms with Crippen LogP contribution >= 0.6 is 12.2 Å². The maximum absolute atomic E-state index is 12.9. The standard InChI is InChI=1S/C12H17FN2S/c1-2-3-4-8-14-12(16)15-11-7-5-6-10(13)9-11/h5-7,9H,2-4,8H2,1H3,(H2,14,15,16). The van der Waals surface area contributed by atoms with E-state index in [0.29, 0.717) is 10.8 Å². The molecule has 0 unspecified atom stereocenters. The van der Waals surface area contributed by atoms with Crippen molar-refractivity contribution in [1.29, 1.82) is 0 Å². The van der Waals surface area contributed by atoms with Gasteiger partial charge in [0.2, 0.25) is 0 Å². The lowest BCUT2D eigenvalue weighted by atomic mass is 10.2. The summed E-state index contributed by atoms with van der Waals surface area (Å²) in [5.41, 5.74) is 0.674. The Labute approximate surface area is 101 Å². The van der Waals surface area contributed by atoms with Gasteiger partial charge in [-0.2, -0.15) is 0 Å². The molecule has 0 spiro atoms. The molecule has 1 aromatic rings. The fourth-order valence-corrected chi connectivity index (χ4v) is 1.54. The van der Waals surface area contributed by atoms with E-state index in [1.165, 1.54) is 25.0 Å². The summed E-state index contributed by atoms with van der Waals surface area (Å²) in [6.07, 6.45) is 3.48. The summed E-state index contributed by atoms with van der Waals surface area (Å²) >= 11 is 5.08. The fourth-order valence-electron chi connectivity index (χ4n) is 1.32. The normalized spacial score (nSPS) is 9.88. The number of hydrogen-bond donors (Lipinski definition) is 2. The van der Waals surface area contributed by atoms with Crippen LogP contribution in [-0.2, 0) is 0 Å². The van der Waals surface area contributed by atoms with Crippen molar-refractivity contribution in [2.24, 2.45) is 0 Å². The highest BCUT2D eigenvalue weighted by Crippen LogP contribution is 2.08. The number of anilines is 1. The van der Waals surface area contributed by atoms with Crippen LogP contribution in [-0.4, -0.2) is 11.7 Å². The van der Waals surface area contributed by atoms with Crippen molar-refractivity contribution in [2.45, 2.75) is 26.2 Å². The molecule has 4 heteroatoms. The first-order chi connectivity index (χ1) is 7.72. The second kappa shape index (κ2) is 7.17. The van der Waals surface area contributed by atoms with Crippen molar-refractivity contribution < 1.29 is 4.39 Å². The molecule has 0 aliphatic heterocycles. The molecule has 0 amide bonds. The molecular weight excluding hydrogens is 223 g/mol. The summed E-state index contributed by atoms with van der Waals surface area (Å²) in [6, 6.07) is 6.25. The van der Waals surface area contributed by atoms with E-state index in [1.807, 2.05) is 0 Å². The lowest BCUT2D eigenvalue weighted by molar-refractivity contribution is 0.628. The molecule has 0 aliphatic rings. The molecule has 2 nitrogen and oxygen atoms in total. The van der Waals surface area contributed by atoms with Crippen molar-refractivity contribution in [3.63, 3.8) is 0 Å². The summed E-state index contributed by atoms with van der Waals surface area (Å²) < 4.78 is 12.9. The Morgan fingerprint density at radius 3 is 2.88 bits per heavy atom. The van der Waals surface area contributed by atoms with E-state index in [9.17, 15) is 4.39 Å². The Morgan fingerprint density at radius 2 is 2.19 bits per heavy atom. The van der Waals surface area contributed by atoms with Gasteiger partial charge in [0, 0.05) is 12.2 Å². The maximum Gasteiger partial charge on any atom is 0.170 e. The molecule has 0 bridgehead atoms. The Bertz CT molecular complexity index is 342. The van der Waals surface area contributed by atoms with E-state index in [-0.39, 0.29) is 5.82 Å². The molecule has 0 fully saturated rings. The first kappa shape index (κ1) is 12.9. The van der Waals surface area contributed by atoms with Gasteiger partial charge in [-0.15, -0.1) is 0 Å². The molecule has 0 radical (unpaired) electrons.